The predicted octanol–water partition coefficient (Wildman–Crippen LogP) is 0.0395. The molecular formula is C14H28N4O2. The lowest BCUT2D eigenvalue weighted by Crippen LogP contribution is -2.49. The van der Waals surface area contributed by atoms with Gasteiger partial charge in [0.2, 0.25) is 0 Å². The number of morpholine rings is 1. The van der Waals surface area contributed by atoms with Gasteiger partial charge in [0.05, 0.1) is 12.7 Å². The summed E-state index contributed by atoms with van der Waals surface area (Å²) in [5, 5.41) is 0. The first-order chi connectivity index (χ1) is 9.60. The summed E-state index contributed by atoms with van der Waals surface area (Å²) in [6, 6.07) is 0.137. The van der Waals surface area contributed by atoms with Gasteiger partial charge in [0.25, 0.3) is 0 Å². The highest BCUT2D eigenvalue weighted by atomic mass is 16.5. The Balaban J connectivity index is 1.73. The minimum Gasteiger partial charge on any atom is -0.374 e. The number of nitrogens with zero attached hydrogens (tertiary/aromatic N) is 3. The number of carbonyl (C=O) groups excluding carboxylic acids is 1. The molecule has 116 valence electrons. The fourth-order valence-corrected chi connectivity index (χ4v) is 3.04. The summed E-state index contributed by atoms with van der Waals surface area (Å²) in [6.07, 6.45) is 2.40. The quantitative estimate of drug-likeness (QED) is 0.795. The lowest BCUT2D eigenvalue weighted by molar-refractivity contribution is -0.0301. The van der Waals surface area contributed by atoms with E-state index in [1.54, 1.807) is 4.90 Å². The molecule has 0 aromatic carbocycles. The van der Waals surface area contributed by atoms with E-state index < -0.39 is 0 Å². The molecular weight excluding hydrogens is 256 g/mol. The molecule has 2 N–H and O–H groups in total. The fraction of sp³-hybridized carbons (Fsp3) is 0.929. The number of hydrogen-bond acceptors (Lipinski definition) is 4. The molecule has 2 fully saturated rings. The zero-order valence-corrected chi connectivity index (χ0v) is 12.8. The van der Waals surface area contributed by atoms with E-state index in [4.69, 9.17) is 10.5 Å². The van der Waals surface area contributed by atoms with Gasteiger partial charge < -0.3 is 20.3 Å². The molecule has 2 aliphatic rings. The number of likely N-dealkylation sites (tertiary alicyclic amines) is 1. The molecule has 6 nitrogen and oxygen atoms in total. The Morgan fingerprint density at radius 3 is 2.60 bits per heavy atom. The Morgan fingerprint density at radius 2 is 2.00 bits per heavy atom. The SMILES string of the molecule is CN(C)C(=O)N1CCC(CN2CCOC(CN)C2)CC1. The first-order valence-corrected chi connectivity index (χ1v) is 7.60. The number of rotatable bonds is 3. The number of carbonyl (C=O) groups is 1. The van der Waals surface area contributed by atoms with Crippen LogP contribution < -0.4 is 5.73 Å². The summed E-state index contributed by atoms with van der Waals surface area (Å²) >= 11 is 0. The van der Waals surface area contributed by atoms with Gasteiger partial charge in [-0.2, -0.15) is 0 Å². The van der Waals surface area contributed by atoms with Crippen molar-refractivity contribution < 1.29 is 9.53 Å². The average Bonchev–Trinajstić information content (AvgIpc) is 2.47. The van der Waals surface area contributed by atoms with Crippen LogP contribution in [-0.2, 0) is 4.74 Å². The third-order valence-corrected chi connectivity index (χ3v) is 4.27. The van der Waals surface area contributed by atoms with E-state index in [1.165, 1.54) is 0 Å². The molecule has 2 rings (SSSR count). The molecule has 1 unspecified atom stereocenters. The van der Waals surface area contributed by atoms with Crippen LogP contribution in [0.5, 0.6) is 0 Å². The first kappa shape index (κ1) is 15.5. The van der Waals surface area contributed by atoms with Gasteiger partial charge in [-0.15, -0.1) is 0 Å². The van der Waals surface area contributed by atoms with Crippen LogP contribution in [0.3, 0.4) is 0 Å². The second kappa shape index (κ2) is 7.24. The van der Waals surface area contributed by atoms with Gasteiger partial charge in [0.15, 0.2) is 0 Å². The number of hydrogen-bond donors (Lipinski definition) is 1. The molecule has 0 aromatic rings. The van der Waals surface area contributed by atoms with Crippen molar-refractivity contribution in [2.45, 2.75) is 18.9 Å². The van der Waals surface area contributed by atoms with Crippen LogP contribution in [0.4, 0.5) is 4.79 Å². The maximum Gasteiger partial charge on any atom is 0.319 e. The minimum absolute atomic E-state index is 0.137. The predicted molar refractivity (Wildman–Crippen MR) is 78.6 cm³/mol. The molecule has 0 aromatic heterocycles. The Bertz CT molecular complexity index is 316. The summed E-state index contributed by atoms with van der Waals surface area (Å²) in [6.45, 7) is 6.23. The molecule has 2 amide bonds. The molecule has 0 aliphatic carbocycles. The Hall–Kier alpha value is -0.850. The Labute approximate surface area is 121 Å². The van der Waals surface area contributed by atoms with Crippen LogP contribution >= 0.6 is 0 Å². The van der Waals surface area contributed by atoms with E-state index >= 15 is 0 Å². The van der Waals surface area contributed by atoms with E-state index in [0.717, 1.165) is 52.2 Å². The first-order valence-electron chi connectivity index (χ1n) is 7.60. The highest BCUT2D eigenvalue weighted by molar-refractivity contribution is 5.73. The van der Waals surface area contributed by atoms with Crippen molar-refractivity contribution in [3.8, 4) is 0 Å². The molecule has 0 bridgehead atoms. The highest BCUT2D eigenvalue weighted by Crippen LogP contribution is 2.20. The van der Waals surface area contributed by atoms with Crippen LogP contribution in [-0.4, -0.2) is 86.8 Å². The summed E-state index contributed by atoms with van der Waals surface area (Å²) in [4.78, 5) is 18.0. The van der Waals surface area contributed by atoms with E-state index in [9.17, 15) is 4.79 Å². The van der Waals surface area contributed by atoms with Gasteiger partial charge in [-0.1, -0.05) is 0 Å². The summed E-state index contributed by atoms with van der Waals surface area (Å²) in [5.41, 5.74) is 5.68. The van der Waals surface area contributed by atoms with Crippen LogP contribution in [0.1, 0.15) is 12.8 Å². The molecule has 6 heteroatoms. The molecule has 2 saturated heterocycles. The second-order valence-electron chi connectivity index (χ2n) is 6.10. The second-order valence-corrected chi connectivity index (χ2v) is 6.10. The van der Waals surface area contributed by atoms with E-state index in [0.29, 0.717) is 12.5 Å². The van der Waals surface area contributed by atoms with E-state index in [1.807, 2.05) is 19.0 Å². The zero-order valence-electron chi connectivity index (χ0n) is 12.8. The molecule has 2 heterocycles. The zero-order chi connectivity index (χ0) is 14.5. The highest BCUT2D eigenvalue weighted by Gasteiger charge is 2.27. The molecule has 0 spiro atoms. The third-order valence-electron chi connectivity index (χ3n) is 4.27. The van der Waals surface area contributed by atoms with Crippen LogP contribution in [0, 0.1) is 5.92 Å². The monoisotopic (exact) mass is 284 g/mol. The number of piperidine rings is 1. The molecule has 1 atom stereocenters. The van der Waals surface area contributed by atoms with Crippen LogP contribution in [0.25, 0.3) is 0 Å². The van der Waals surface area contributed by atoms with Gasteiger partial charge in [0, 0.05) is 53.4 Å². The number of urea groups is 1. The van der Waals surface area contributed by atoms with Gasteiger partial charge in [0.1, 0.15) is 0 Å². The van der Waals surface area contributed by atoms with Crippen molar-refractivity contribution in [3.63, 3.8) is 0 Å². The molecule has 0 radical (unpaired) electrons. The lowest BCUT2D eigenvalue weighted by Gasteiger charge is -2.38. The smallest absolute Gasteiger partial charge is 0.319 e. The largest absolute Gasteiger partial charge is 0.374 e. The summed E-state index contributed by atoms with van der Waals surface area (Å²) < 4.78 is 5.60. The fourth-order valence-electron chi connectivity index (χ4n) is 3.04. The Kier molecular flexibility index (Phi) is 5.63. The molecule has 20 heavy (non-hydrogen) atoms. The van der Waals surface area contributed by atoms with Gasteiger partial charge in [-0.25, -0.2) is 4.79 Å². The van der Waals surface area contributed by atoms with Crippen molar-refractivity contribution in [1.29, 1.82) is 0 Å². The minimum atomic E-state index is 0.137. The van der Waals surface area contributed by atoms with Crippen molar-refractivity contribution >= 4 is 6.03 Å². The van der Waals surface area contributed by atoms with E-state index in [-0.39, 0.29) is 12.1 Å². The lowest BCUT2D eigenvalue weighted by atomic mass is 9.96. The standard InChI is InChI=1S/C14H28N4O2/c1-16(2)14(19)18-5-3-12(4-6-18)10-17-7-8-20-13(9-15)11-17/h12-13H,3-11,15H2,1-2H3. The number of nitrogens with two attached hydrogens (primary N) is 1. The number of amides is 2. The number of ether oxygens (including phenoxy) is 1. The molecule has 0 saturated carbocycles. The van der Waals surface area contributed by atoms with Gasteiger partial charge >= 0.3 is 6.03 Å². The van der Waals surface area contributed by atoms with Crippen LogP contribution in [0.2, 0.25) is 0 Å². The topological polar surface area (TPSA) is 62.0 Å². The van der Waals surface area contributed by atoms with Crippen molar-refractivity contribution in [2.75, 3.05) is 60.0 Å². The Morgan fingerprint density at radius 1 is 1.30 bits per heavy atom. The maximum atomic E-state index is 11.9. The third kappa shape index (κ3) is 4.07. The van der Waals surface area contributed by atoms with Crippen molar-refractivity contribution in [2.24, 2.45) is 11.7 Å². The van der Waals surface area contributed by atoms with Crippen molar-refractivity contribution in [1.82, 2.24) is 14.7 Å². The average molecular weight is 284 g/mol. The summed E-state index contributed by atoms with van der Waals surface area (Å²) in [5.74, 6) is 0.692. The van der Waals surface area contributed by atoms with Crippen LogP contribution in [0.15, 0.2) is 0 Å². The van der Waals surface area contributed by atoms with E-state index in [2.05, 4.69) is 4.90 Å². The van der Waals surface area contributed by atoms with Crippen molar-refractivity contribution in [3.05, 3.63) is 0 Å². The maximum absolute atomic E-state index is 11.9. The van der Waals surface area contributed by atoms with Gasteiger partial charge in [-0.05, 0) is 18.8 Å². The molecule has 2 aliphatic heterocycles. The normalized spacial score (nSPS) is 25.8. The summed E-state index contributed by atoms with van der Waals surface area (Å²) in [7, 11) is 3.63. The van der Waals surface area contributed by atoms with Gasteiger partial charge in [-0.3, -0.25) is 4.90 Å².